The molecule has 0 spiro atoms. The van der Waals surface area contributed by atoms with Gasteiger partial charge < -0.3 is 0 Å². The normalized spacial score (nSPS) is 21.2. The highest BCUT2D eigenvalue weighted by Crippen LogP contribution is 2.41. The van der Waals surface area contributed by atoms with E-state index in [1.165, 1.54) is 30.5 Å². The Kier molecular flexibility index (Phi) is 2.41. The molecular formula is C11H14N2O3S. The van der Waals surface area contributed by atoms with Crippen molar-refractivity contribution in [3.63, 3.8) is 0 Å². The van der Waals surface area contributed by atoms with Crippen LogP contribution in [0.4, 0.5) is 0 Å². The molecular weight excluding hydrogens is 240 g/mol. The number of hydrogen-bond donors (Lipinski definition) is 0. The van der Waals surface area contributed by atoms with Gasteiger partial charge in [-0.2, -0.15) is 4.31 Å². The molecule has 0 saturated heterocycles. The molecule has 92 valence electrons. The quantitative estimate of drug-likeness (QED) is 0.705. The maximum atomic E-state index is 12.1. The molecule has 2 heterocycles. The largest absolute Gasteiger partial charge is 0.294 e. The van der Waals surface area contributed by atoms with Gasteiger partial charge in [0.25, 0.3) is 0 Å². The summed E-state index contributed by atoms with van der Waals surface area (Å²) in [4.78, 5) is 15.5. The van der Waals surface area contributed by atoms with E-state index in [1.807, 2.05) is 0 Å². The van der Waals surface area contributed by atoms with E-state index in [1.54, 1.807) is 13.8 Å². The van der Waals surface area contributed by atoms with Crippen LogP contribution in [0.15, 0.2) is 17.2 Å². The van der Waals surface area contributed by atoms with Gasteiger partial charge in [-0.15, -0.1) is 0 Å². The second-order valence-electron chi connectivity index (χ2n) is 4.66. The van der Waals surface area contributed by atoms with E-state index in [-0.39, 0.29) is 10.7 Å². The zero-order valence-electron chi connectivity index (χ0n) is 10.2. The van der Waals surface area contributed by atoms with Crippen molar-refractivity contribution >= 4 is 15.8 Å². The number of pyridine rings is 1. The topological polar surface area (TPSA) is 67.3 Å². The summed E-state index contributed by atoms with van der Waals surface area (Å²) >= 11 is 0. The van der Waals surface area contributed by atoms with Crippen molar-refractivity contribution in [1.82, 2.24) is 9.29 Å². The average molecular weight is 254 g/mol. The highest BCUT2D eigenvalue weighted by Gasteiger charge is 2.47. The number of hydrogen-bond acceptors (Lipinski definition) is 4. The summed E-state index contributed by atoms with van der Waals surface area (Å²) in [5, 5.41) is 0. The molecule has 0 unspecified atom stereocenters. The molecule has 0 atom stereocenters. The molecule has 0 bridgehead atoms. The number of Topliss-reactive ketones (excluding diaryl/α,β-unsaturated/α-hetero) is 1. The van der Waals surface area contributed by atoms with Gasteiger partial charge in [-0.1, -0.05) is 0 Å². The molecule has 0 aliphatic carbocycles. The monoisotopic (exact) mass is 254 g/mol. The summed E-state index contributed by atoms with van der Waals surface area (Å²) in [7, 11) is -2.01. The lowest BCUT2D eigenvalue weighted by atomic mass is 9.99. The molecule has 1 aromatic heterocycles. The van der Waals surface area contributed by atoms with Gasteiger partial charge >= 0.3 is 0 Å². The molecule has 0 radical (unpaired) electrons. The molecule has 5 nitrogen and oxygen atoms in total. The lowest BCUT2D eigenvalue weighted by molar-refractivity contribution is 0.101. The number of fused-ring (bicyclic) bond motifs is 1. The van der Waals surface area contributed by atoms with Crippen molar-refractivity contribution in [2.24, 2.45) is 0 Å². The van der Waals surface area contributed by atoms with Crippen molar-refractivity contribution in [2.45, 2.75) is 31.2 Å². The number of carbonyl (C=O) groups is 1. The minimum atomic E-state index is -3.53. The Labute approximate surface area is 101 Å². The summed E-state index contributed by atoms with van der Waals surface area (Å²) in [6, 6.07) is 1.41. The Morgan fingerprint density at radius 1 is 1.41 bits per heavy atom. The number of ketones is 1. The van der Waals surface area contributed by atoms with Crippen LogP contribution in [0.25, 0.3) is 0 Å². The molecule has 0 aromatic carbocycles. The Morgan fingerprint density at radius 2 is 2.00 bits per heavy atom. The first kappa shape index (κ1) is 12.2. The first-order valence-corrected chi connectivity index (χ1v) is 6.63. The lowest BCUT2D eigenvalue weighted by Crippen LogP contribution is -2.35. The van der Waals surface area contributed by atoms with Crippen LogP contribution in [0.1, 0.15) is 36.8 Å². The van der Waals surface area contributed by atoms with Gasteiger partial charge in [-0.25, -0.2) is 8.42 Å². The molecule has 1 aliphatic rings. The Balaban J connectivity index is 2.78. The Hall–Kier alpha value is -1.27. The van der Waals surface area contributed by atoms with Crippen LogP contribution in [-0.2, 0) is 15.6 Å². The van der Waals surface area contributed by atoms with E-state index in [9.17, 15) is 13.2 Å². The second kappa shape index (κ2) is 3.36. The molecule has 0 saturated carbocycles. The average Bonchev–Trinajstić information content (AvgIpc) is 2.38. The van der Waals surface area contributed by atoms with Crippen LogP contribution in [0.3, 0.4) is 0 Å². The first-order chi connectivity index (χ1) is 7.69. The van der Waals surface area contributed by atoms with Gasteiger partial charge in [0.1, 0.15) is 4.90 Å². The van der Waals surface area contributed by atoms with Crippen LogP contribution >= 0.6 is 0 Å². The van der Waals surface area contributed by atoms with E-state index in [2.05, 4.69) is 4.98 Å². The minimum Gasteiger partial charge on any atom is -0.294 e. The van der Waals surface area contributed by atoms with Crippen LogP contribution in [0.5, 0.6) is 0 Å². The maximum Gasteiger partial charge on any atom is 0.245 e. The predicted octanol–water partition coefficient (Wildman–Crippen LogP) is 1.15. The van der Waals surface area contributed by atoms with Gasteiger partial charge in [-0.3, -0.25) is 9.78 Å². The predicted molar refractivity (Wildman–Crippen MR) is 62.2 cm³/mol. The molecule has 0 fully saturated rings. The van der Waals surface area contributed by atoms with Crippen LogP contribution in [0, 0.1) is 0 Å². The van der Waals surface area contributed by atoms with Crippen molar-refractivity contribution in [3.05, 3.63) is 23.5 Å². The zero-order valence-corrected chi connectivity index (χ0v) is 11.0. The van der Waals surface area contributed by atoms with E-state index >= 15 is 0 Å². The maximum absolute atomic E-state index is 12.1. The summed E-state index contributed by atoms with van der Waals surface area (Å²) in [5.41, 5.74) is 0.132. The fraction of sp³-hybridized carbons (Fsp3) is 0.455. The molecule has 1 aromatic rings. The number of sulfonamides is 1. The molecule has 1 aliphatic heterocycles. The van der Waals surface area contributed by atoms with Gasteiger partial charge in [-0.05, 0) is 26.8 Å². The van der Waals surface area contributed by atoms with Gasteiger partial charge in [0, 0.05) is 18.8 Å². The van der Waals surface area contributed by atoms with Gasteiger partial charge in [0.2, 0.25) is 10.0 Å². The van der Waals surface area contributed by atoms with Crippen molar-refractivity contribution in [2.75, 3.05) is 7.05 Å². The minimum absolute atomic E-state index is 0.137. The summed E-state index contributed by atoms with van der Waals surface area (Å²) in [5.74, 6) is -0.192. The van der Waals surface area contributed by atoms with Crippen LogP contribution in [-0.4, -0.2) is 30.5 Å². The smallest absolute Gasteiger partial charge is 0.245 e. The van der Waals surface area contributed by atoms with E-state index in [0.717, 1.165) is 0 Å². The fourth-order valence-corrected chi connectivity index (χ4v) is 3.70. The lowest BCUT2D eigenvalue weighted by Gasteiger charge is -2.25. The molecule has 0 amide bonds. The highest BCUT2D eigenvalue weighted by atomic mass is 32.2. The summed E-state index contributed by atoms with van der Waals surface area (Å²) < 4.78 is 25.6. The summed E-state index contributed by atoms with van der Waals surface area (Å²) in [6.07, 6.45) is 1.43. The number of aromatic nitrogens is 1. The highest BCUT2D eigenvalue weighted by molar-refractivity contribution is 7.89. The number of rotatable bonds is 1. The third kappa shape index (κ3) is 1.51. The van der Waals surface area contributed by atoms with Gasteiger partial charge in [0.15, 0.2) is 5.78 Å². The molecule has 6 heteroatoms. The second-order valence-corrected chi connectivity index (χ2v) is 6.60. The van der Waals surface area contributed by atoms with Crippen molar-refractivity contribution in [3.8, 4) is 0 Å². The third-order valence-electron chi connectivity index (χ3n) is 3.26. The Bertz CT molecular complexity index is 605. The summed E-state index contributed by atoms with van der Waals surface area (Å²) in [6.45, 7) is 4.97. The van der Waals surface area contributed by atoms with E-state index in [4.69, 9.17) is 0 Å². The van der Waals surface area contributed by atoms with Gasteiger partial charge in [0.05, 0.1) is 11.2 Å². The number of nitrogens with zero attached hydrogens (tertiary/aromatic N) is 2. The number of carbonyl (C=O) groups excluding carboxylic acids is 1. The standard InChI is InChI=1S/C11H14N2O3S/c1-7(14)8-5-9-10(12-6-8)11(2,3)13(4)17(9,15)16/h5-6H,1-4H3. The third-order valence-corrected chi connectivity index (χ3v) is 5.31. The first-order valence-electron chi connectivity index (χ1n) is 5.19. The fourth-order valence-electron chi connectivity index (χ4n) is 1.89. The SMILES string of the molecule is CC(=O)c1cnc2c(c1)S(=O)(=O)N(C)C2(C)C. The van der Waals surface area contributed by atoms with Crippen LogP contribution < -0.4 is 0 Å². The molecule has 17 heavy (non-hydrogen) atoms. The molecule has 2 rings (SSSR count). The van der Waals surface area contributed by atoms with Crippen LogP contribution in [0.2, 0.25) is 0 Å². The Morgan fingerprint density at radius 3 is 2.53 bits per heavy atom. The van der Waals surface area contributed by atoms with E-state index in [0.29, 0.717) is 11.3 Å². The van der Waals surface area contributed by atoms with Crippen molar-refractivity contribution in [1.29, 1.82) is 0 Å². The zero-order chi connectivity index (χ0) is 13.0. The molecule has 0 N–H and O–H groups in total. The van der Waals surface area contributed by atoms with E-state index < -0.39 is 15.6 Å². The van der Waals surface area contributed by atoms with Crippen molar-refractivity contribution < 1.29 is 13.2 Å².